The molecular weight excluding hydrogens is 547 g/mol. The van der Waals surface area contributed by atoms with Gasteiger partial charge in [-0.15, -0.1) is 6.42 Å². The third-order valence-electron chi connectivity index (χ3n) is 8.64. The first-order valence-electron chi connectivity index (χ1n) is 14.0. The van der Waals surface area contributed by atoms with E-state index in [1.807, 2.05) is 4.90 Å². The van der Waals surface area contributed by atoms with Crippen molar-refractivity contribution >= 4 is 27.5 Å². The van der Waals surface area contributed by atoms with Crippen LogP contribution in [-0.4, -0.2) is 82.7 Å². The molecule has 0 spiro atoms. The number of nitrogens with zero attached hydrogens (tertiary/aromatic N) is 5. The number of alkyl halides is 1. The van der Waals surface area contributed by atoms with E-state index in [9.17, 15) is 13.9 Å². The lowest BCUT2D eigenvalue weighted by Gasteiger charge is -2.31. The zero-order valence-corrected chi connectivity index (χ0v) is 22.7. The molecule has 7 rings (SSSR count). The van der Waals surface area contributed by atoms with Crippen LogP contribution in [0.3, 0.4) is 0 Å². The summed E-state index contributed by atoms with van der Waals surface area (Å²) in [6, 6.07) is 5.38. The Morgan fingerprint density at radius 2 is 2.00 bits per heavy atom. The summed E-state index contributed by atoms with van der Waals surface area (Å²) in [5.74, 6) is 1.20. The van der Waals surface area contributed by atoms with Crippen LogP contribution in [0.5, 0.6) is 11.8 Å². The number of benzene rings is 2. The predicted molar refractivity (Wildman–Crippen MR) is 151 cm³/mol. The lowest BCUT2D eigenvalue weighted by atomic mass is 9.95. The molecular formula is C31H28F3N5O3. The minimum Gasteiger partial charge on any atom is -0.508 e. The Morgan fingerprint density at radius 1 is 1.17 bits per heavy atom. The summed E-state index contributed by atoms with van der Waals surface area (Å²) >= 11 is 0. The van der Waals surface area contributed by atoms with E-state index in [1.54, 1.807) is 0 Å². The van der Waals surface area contributed by atoms with Crippen LogP contribution in [0.1, 0.15) is 24.8 Å². The molecule has 216 valence electrons. The van der Waals surface area contributed by atoms with E-state index in [1.165, 1.54) is 30.5 Å². The van der Waals surface area contributed by atoms with Crippen molar-refractivity contribution in [2.75, 3.05) is 50.9 Å². The van der Waals surface area contributed by atoms with Crippen molar-refractivity contribution in [2.24, 2.45) is 0 Å². The number of morpholine rings is 1. The van der Waals surface area contributed by atoms with Crippen molar-refractivity contribution in [3.63, 3.8) is 0 Å². The molecule has 3 fully saturated rings. The minimum absolute atomic E-state index is 0.0281. The lowest BCUT2D eigenvalue weighted by Crippen LogP contribution is -2.43. The normalized spacial score (nSPS) is 22.5. The summed E-state index contributed by atoms with van der Waals surface area (Å²) in [5, 5.41) is 11.5. The van der Waals surface area contributed by atoms with Gasteiger partial charge < -0.3 is 19.5 Å². The highest BCUT2D eigenvalue weighted by Gasteiger charge is 2.49. The SMILES string of the molecule is C#Cc1c(F)ccc2cc(O)cc(-c3ncc4c(N5CCOCC5)nc(OC[C@@]56CCCN5C[C@H](F)C6)nc4c3F)c12. The van der Waals surface area contributed by atoms with Crippen molar-refractivity contribution in [3.8, 4) is 35.4 Å². The predicted octanol–water partition coefficient (Wildman–Crippen LogP) is 4.60. The Kier molecular flexibility index (Phi) is 6.55. The fraction of sp³-hybridized carbons (Fsp3) is 0.387. The zero-order valence-electron chi connectivity index (χ0n) is 22.7. The molecule has 0 unspecified atom stereocenters. The third-order valence-corrected chi connectivity index (χ3v) is 8.64. The first kappa shape index (κ1) is 26.7. The summed E-state index contributed by atoms with van der Waals surface area (Å²) in [4.78, 5) is 17.6. The first-order valence-corrected chi connectivity index (χ1v) is 14.0. The third kappa shape index (κ3) is 4.37. The van der Waals surface area contributed by atoms with E-state index >= 15 is 4.39 Å². The summed E-state index contributed by atoms with van der Waals surface area (Å²) < 4.78 is 57.2. The average molecular weight is 576 g/mol. The Balaban J connectivity index is 1.38. The Hall–Kier alpha value is -4.14. The number of pyridine rings is 1. The second kappa shape index (κ2) is 10.3. The molecule has 3 aliphatic rings. The van der Waals surface area contributed by atoms with Crippen LogP contribution in [0.25, 0.3) is 32.9 Å². The van der Waals surface area contributed by atoms with Crippen LogP contribution in [0.15, 0.2) is 30.5 Å². The van der Waals surface area contributed by atoms with E-state index < -0.39 is 23.3 Å². The molecule has 0 saturated carbocycles. The number of anilines is 1. The number of rotatable bonds is 5. The maximum atomic E-state index is 16.5. The largest absolute Gasteiger partial charge is 0.508 e. The molecule has 8 nitrogen and oxygen atoms in total. The molecule has 42 heavy (non-hydrogen) atoms. The summed E-state index contributed by atoms with van der Waals surface area (Å²) in [5.41, 5.74) is -0.564. The van der Waals surface area contributed by atoms with Crippen LogP contribution >= 0.6 is 0 Å². The number of ether oxygens (including phenoxy) is 2. The van der Waals surface area contributed by atoms with Crippen molar-refractivity contribution < 1.29 is 27.8 Å². The number of hydrogen-bond donors (Lipinski definition) is 1. The maximum Gasteiger partial charge on any atom is 0.319 e. The van der Waals surface area contributed by atoms with Crippen molar-refractivity contribution in [1.82, 2.24) is 19.9 Å². The fourth-order valence-corrected chi connectivity index (χ4v) is 6.69. The standard InChI is InChI=1S/C31H28F3N5O3/c1-2-21-24(33)5-4-18-12-20(40)13-22(25(18)21)27-26(34)28-23(15-35-27)29(38-8-10-41-11-9-38)37-30(36-28)42-17-31-6-3-7-39(31)16-19(32)14-31/h1,4-5,12-13,15,19,40H,3,6-11,14,16-17H2/t19-,31+/m1/s1. The van der Waals surface area contributed by atoms with Crippen molar-refractivity contribution in [2.45, 2.75) is 31.0 Å². The molecule has 2 aromatic carbocycles. The number of halogens is 3. The molecule has 0 amide bonds. The summed E-state index contributed by atoms with van der Waals surface area (Å²) in [7, 11) is 0. The van der Waals surface area contributed by atoms with Gasteiger partial charge in [0.2, 0.25) is 0 Å². The molecule has 1 N–H and O–H groups in total. The van der Waals surface area contributed by atoms with Gasteiger partial charge in [0, 0.05) is 43.2 Å². The van der Waals surface area contributed by atoms with Gasteiger partial charge in [-0.3, -0.25) is 9.88 Å². The Bertz CT molecular complexity index is 1760. The number of terminal acetylenes is 1. The van der Waals surface area contributed by atoms with E-state index in [4.69, 9.17) is 15.9 Å². The van der Waals surface area contributed by atoms with Gasteiger partial charge in [-0.05, 0) is 43.0 Å². The second-order valence-electron chi connectivity index (χ2n) is 11.1. The monoisotopic (exact) mass is 575 g/mol. The molecule has 5 heterocycles. The highest BCUT2D eigenvalue weighted by atomic mass is 19.1. The fourth-order valence-electron chi connectivity index (χ4n) is 6.69. The van der Waals surface area contributed by atoms with Gasteiger partial charge in [0.1, 0.15) is 41.4 Å². The number of phenols is 1. The number of aromatic hydroxyl groups is 1. The number of fused-ring (bicyclic) bond motifs is 3. The van der Waals surface area contributed by atoms with Gasteiger partial charge in [0.05, 0.1) is 29.7 Å². The van der Waals surface area contributed by atoms with E-state index in [2.05, 4.69) is 25.8 Å². The number of aromatic nitrogens is 3. The molecule has 2 aromatic heterocycles. The van der Waals surface area contributed by atoms with Gasteiger partial charge in [-0.25, -0.2) is 13.2 Å². The highest BCUT2D eigenvalue weighted by molar-refractivity contribution is 6.03. The van der Waals surface area contributed by atoms with Crippen LogP contribution in [0.4, 0.5) is 19.0 Å². The Morgan fingerprint density at radius 3 is 2.81 bits per heavy atom. The van der Waals surface area contributed by atoms with Crippen LogP contribution in [0, 0.1) is 24.0 Å². The van der Waals surface area contributed by atoms with Gasteiger partial charge in [-0.1, -0.05) is 12.0 Å². The van der Waals surface area contributed by atoms with Crippen molar-refractivity contribution in [3.05, 3.63) is 47.7 Å². The first-order chi connectivity index (χ1) is 20.4. The maximum absolute atomic E-state index is 16.5. The highest BCUT2D eigenvalue weighted by Crippen LogP contribution is 2.41. The van der Waals surface area contributed by atoms with E-state index in [0.717, 1.165) is 19.4 Å². The van der Waals surface area contributed by atoms with Gasteiger partial charge in [0.25, 0.3) is 0 Å². The van der Waals surface area contributed by atoms with Gasteiger partial charge >= 0.3 is 6.01 Å². The molecule has 0 aliphatic carbocycles. The van der Waals surface area contributed by atoms with Crippen LogP contribution < -0.4 is 9.64 Å². The topological polar surface area (TPSA) is 83.8 Å². The number of hydrogen-bond acceptors (Lipinski definition) is 8. The quantitative estimate of drug-likeness (QED) is 0.346. The molecule has 4 aromatic rings. The molecule has 3 saturated heterocycles. The molecule has 3 aliphatic heterocycles. The van der Waals surface area contributed by atoms with Crippen LogP contribution in [-0.2, 0) is 4.74 Å². The second-order valence-corrected chi connectivity index (χ2v) is 11.1. The average Bonchev–Trinajstić information content (AvgIpc) is 3.52. The Labute approximate surface area is 240 Å². The smallest absolute Gasteiger partial charge is 0.319 e. The number of phenolic OH excluding ortho intramolecular Hbond substituents is 1. The van der Waals surface area contributed by atoms with E-state index in [0.29, 0.717) is 55.9 Å². The van der Waals surface area contributed by atoms with Gasteiger partial charge in [0.15, 0.2) is 5.82 Å². The van der Waals surface area contributed by atoms with Crippen LogP contribution in [0.2, 0.25) is 0 Å². The molecule has 2 atom stereocenters. The van der Waals surface area contributed by atoms with Crippen molar-refractivity contribution in [1.29, 1.82) is 0 Å². The summed E-state index contributed by atoms with van der Waals surface area (Å²) in [6.45, 7) is 3.37. The van der Waals surface area contributed by atoms with Gasteiger partial charge in [-0.2, -0.15) is 9.97 Å². The molecule has 11 heteroatoms. The van der Waals surface area contributed by atoms with E-state index in [-0.39, 0.29) is 46.1 Å². The lowest BCUT2D eigenvalue weighted by molar-refractivity contribution is 0.107. The zero-order chi connectivity index (χ0) is 29.0. The molecule has 0 radical (unpaired) electrons. The minimum atomic E-state index is -0.920. The molecule has 0 bridgehead atoms. The summed E-state index contributed by atoms with van der Waals surface area (Å²) in [6.07, 6.45) is 8.31.